The highest BCUT2D eigenvalue weighted by atomic mass is 19.4. The minimum absolute atomic E-state index is 0.215. The van der Waals surface area contributed by atoms with Crippen LogP contribution in [0.5, 0.6) is 0 Å². The van der Waals surface area contributed by atoms with Gasteiger partial charge in [-0.3, -0.25) is 0 Å². The first-order valence-corrected chi connectivity index (χ1v) is 5.42. The highest BCUT2D eigenvalue weighted by Gasteiger charge is 2.43. The number of nitrogens with zero attached hydrogens (tertiary/aromatic N) is 2. The van der Waals surface area contributed by atoms with Gasteiger partial charge in [0.2, 0.25) is 0 Å². The average molecular weight is 352 g/mol. The smallest absolute Gasteiger partial charge is 0.234 e. The van der Waals surface area contributed by atoms with Crippen LogP contribution in [0.15, 0.2) is 12.3 Å². The molecule has 0 fully saturated rings. The Morgan fingerprint density at radius 3 is 1.57 bits per heavy atom. The first-order valence-electron chi connectivity index (χ1n) is 5.42. The zero-order valence-electron chi connectivity index (χ0n) is 10.3. The van der Waals surface area contributed by atoms with Crippen LogP contribution >= 0.6 is 0 Å². The van der Waals surface area contributed by atoms with Crippen LogP contribution in [0.1, 0.15) is 11.3 Å². The predicted octanol–water partition coefficient (Wildman–Crippen LogP) is 4.47. The Hall–Kier alpha value is -2.27. The van der Waals surface area contributed by atoms with Gasteiger partial charge in [0.05, 0.1) is 0 Å². The molecule has 0 amide bonds. The molecule has 0 N–H and O–H groups in total. The first-order chi connectivity index (χ1) is 10.4. The van der Waals surface area contributed by atoms with Gasteiger partial charge in [0.25, 0.3) is 0 Å². The molecule has 0 aliphatic carbocycles. The minimum Gasteiger partial charge on any atom is -0.234 e. The van der Waals surface area contributed by atoms with Crippen LogP contribution in [-0.2, 0) is 12.4 Å². The third-order valence-electron chi connectivity index (χ3n) is 2.63. The van der Waals surface area contributed by atoms with Crippen molar-refractivity contribution in [2.24, 2.45) is 0 Å². The molecule has 0 saturated carbocycles. The molecule has 0 radical (unpaired) electrons. The highest BCUT2D eigenvalue weighted by Crippen LogP contribution is 2.38. The summed E-state index contributed by atoms with van der Waals surface area (Å²) in [5.74, 6) is -10.7. The fourth-order valence-electron chi connectivity index (χ4n) is 1.67. The van der Waals surface area contributed by atoms with E-state index in [-0.39, 0.29) is 16.9 Å². The lowest BCUT2D eigenvalue weighted by Crippen LogP contribution is -2.18. The van der Waals surface area contributed by atoms with Crippen LogP contribution in [-0.4, -0.2) is 9.78 Å². The van der Waals surface area contributed by atoms with Gasteiger partial charge in [0, 0.05) is 6.20 Å². The van der Waals surface area contributed by atoms with Crippen molar-refractivity contribution in [2.45, 2.75) is 12.4 Å². The van der Waals surface area contributed by atoms with Gasteiger partial charge < -0.3 is 0 Å². The maximum absolute atomic E-state index is 13.6. The number of hydrogen-bond donors (Lipinski definition) is 0. The second-order valence-corrected chi connectivity index (χ2v) is 4.12. The molecule has 1 heterocycles. The van der Waals surface area contributed by atoms with E-state index in [4.69, 9.17) is 0 Å². The summed E-state index contributed by atoms with van der Waals surface area (Å²) in [4.78, 5) is 0. The molecular formula is C11H2F10N2. The van der Waals surface area contributed by atoms with Crippen molar-refractivity contribution in [3.63, 3.8) is 0 Å². The standard InChI is InChI=1S/C11H2F10N2/c12-5-4(11(19,20)21)6(13)8(15)9(7(5)14)23-2-1-3(22-23)10(16,17)18/h1-2H. The van der Waals surface area contributed by atoms with E-state index in [1.54, 1.807) is 0 Å². The predicted molar refractivity (Wildman–Crippen MR) is 53.4 cm³/mol. The van der Waals surface area contributed by atoms with E-state index in [2.05, 4.69) is 5.10 Å². The average Bonchev–Trinajstić information content (AvgIpc) is 2.84. The minimum atomic E-state index is -5.75. The van der Waals surface area contributed by atoms with Crippen molar-refractivity contribution >= 4 is 0 Å². The Morgan fingerprint density at radius 1 is 0.739 bits per heavy atom. The number of halogens is 10. The first kappa shape index (κ1) is 17.1. The Labute approximate surface area is 119 Å². The summed E-state index contributed by atoms with van der Waals surface area (Å²) in [6, 6.07) is 0.215. The fourth-order valence-corrected chi connectivity index (χ4v) is 1.67. The van der Waals surface area contributed by atoms with Crippen LogP contribution in [0.4, 0.5) is 43.9 Å². The summed E-state index contributed by atoms with van der Waals surface area (Å²) in [6.45, 7) is 0. The molecule has 1 aromatic carbocycles. The molecule has 1 aromatic heterocycles. The Kier molecular flexibility index (Phi) is 3.81. The number of aromatic nitrogens is 2. The van der Waals surface area contributed by atoms with E-state index < -0.39 is 52.6 Å². The van der Waals surface area contributed by atoms with E-state index in [1.165, 1.54) is 0 Å². The van der Waals surface area contributed by atoms with Crippen molar-refractivity contribution in [3.8, 4) is 5.69 Å². The summed E-state index contributed by atoms with van der Waals surface area (Å²) >= 11 is 0. The molecular weight excluding hydrogens is 350 g/mol. The summed E-state index contributed by atoms with van der Waals surface area (Å²) < 4.78 is 128. The van der Waals surface area contributed by atoms with Crippen LogP contribution in [0.3, 0.4) is 0 Å². The van der Waals surface area contributed by atoms with E-state index >= 15 is 0 Å². The van der Waals surface area contributed by atoms with Gasteiger partial charge in [0.1, 0.15) is 11.3 Å². The molecule has 23 heavy (non-hydrogen) atoms. The number of rotatable bonds is 1. The summed E-state index contributed by atoms with van der Waals surface area (Å²) in [7, 11) is 0. The number of hydrogen-bond acceptors (Lipinski definition) is 1. The van der Waals surface area contributed by atoms with Gasteiger partial charge >= 0.3 is 12.4 Å². The van der Waals surface area contributed by atoms with Gasteiger partial charge in [0.15, 0.2) is 29.0 Å². The lowest BCUT2D eigenvalue weighted by atomic mass is 10.1. The van der Waals surface area contributed by atoms with Gasteiger partial charge in [-0.25, -0.2) is 22.2 Å². The monoisotopic (exact) mass is 352 g/mol. The molecule has 0 aliphatic rings. The molecule has 2 aromatic rings. The largest absolute Gasteiger partial charge is 0.435 e. The van der Waals surface area contributed by atoms with Crippen LogP contribution in [0.25, 0.3) is 5.69 Å². The molecule has 2 nitrogen and oxygen atoms in total. The number of alkyl halides is 6. The van der Waals surface area contributed by atoms with Crippen molar-refractivity contribution in [3.05, 3.63) is 46.8 Å². The zero-order valence-corrected chi connectivity index (χ0v) is 10.3. The van der Waals surface area contributed by atoms with E-state index in [9.17, 15) is 43.9 Å². The van der Waals surface area contributed by atoms with Crippen molar-refractivity contribution in [1.29, 1.82) is 0 Å². The van der Waals surface area contributed by atoms with Gasteiger partial charge in [-0.2, -0.15) is 31.4 Å². The zero-order chi connectivity index (χ0) is 17.7. The maximum Gasteiger partial charge on any atom is 0.435 e. The maximum atomic E-state index is 13.6. The van der Waals surface area contributed by atoms with Crippen LogP contribution in [0.2, 0.25) is 0 Å². The molecule has 12 heteroatoms. The normalized spacial score (nSPS) is 12.8. The molecule has 0 saturated heterocycles. The lowest BCUT2D eigenvalue weighted by molar-refractivity contribution is -0.143. The topological polar surface area (TPSA) is 17.8 Å². The Balaban J connectivity index is 2.73. The second-order valence-electron chi connectivity index (χ2n) is 4.12. The summed E-state index contributed by atoms with van der Waals surface area (Å²) in [5.41, 5.74) is -6.35. The molecule has 0 unspecified atom stereocenters. The molecule has 0 spiro atoms. The second kappa shape index (κ2) is 5.13. The van der Waals surface area contributed by atoms with Crippen LogP contribution < -0.4 is 0 Å². The molecule has 2 rings (SSSR count). The molecule has 0 bridgehead atoms. The lowest BCUT2D eigenvalue weighted by Gasteiger charge is -2.14. The van der Waals surface area contributed by atoms with Gasteiger partial charge in [-0.15, -0.1) is 0 Å². The van der Waals surface area contributed by atoms with E-state index in [0.29, 0.717) is 0 Å². The summed E-state index contributed by atoms with van der Waals surface area (Å²) in [5, 5.41) is 2.64. The van der Waals surface area contributed by atoms with Crippen molar-refractivity contribution < 1.29 is 43.9 Å². The fraction of sp³-hybridized carbons (Fsp3) is 0.182. The third kappa shape index (κ3) is 2.84. The van der Waals surface area contributed by atoms with Gasteiger partial charge in [-0.1, -0.05) is 0 Å². The third-order valence-corrected chi connectivity index (χ3v) is 2.63. The SMILES string of the molecule is Fc1c(F)c(C(F)(F)F)c(F)c(F)c1-n1ccc(C(F)(F)F)n1. The van der Waals surface area contributed by atoms with E-state index in [1.807, 2.05) is 0 Å². The Bertz CT molecular complexity index is 726. The van der Waals surface area contributed by atoms with E-state index in [0.717, 1.165) is 0 Å². The quantitative estimate of drug-likeness (QED) is 0.547. The van der Waals surface area contributed by atoms with Crippen molar-refractivity contribution in [2.75, 3.05) is 0 Å². The molecule has 0 atom stereocenters. The highest BCUT2D eigenvalue weighted by molar-refractivity contribution is 5.41. The summed E-state index contributed by atoms with van der Waals surface area (Å²) in [6.07, 6.45) is -10.5. The van der Waals surface area contributed by atoms with Gasteiger partial charge in [-0.05, 0) is 6.07 Å². The molecule has 0 aliphatic heterocycles. The van der Waals surface area contributed by atoms with Crippen LogP contribution in [0, 0.1) is 23.3 Å². The Morgan fingerprint density at radius 2 is 1.22 bits per heavy atom. The molecule has 126 valence electrons. The van der Waals surface area contributed by atoms with Crippen molar-refractivity contribution in [1.82, 2.24) is 9.78 Å². The number of benzene rings is 1.